The minimum Gasteiger partial charge on any atom is -0.314 e. The van der Waals surface area contributed by atoms with Gasteiger partial charge in [-0.1, -0.05) is 37.9 Å². The van der Waals surface area contributed by atoms with Crippen LogP contribution < -0.4 is 5.32 Å². The predicted molar refractivity (Wildman–Crippen MR) is 89.9 cm³/mol. The molecule has 2 rings (SSSR count). The maximum Gasteiger partial charge on any atom is 0.129 e. The number of hydrogen-bond acceptors (Lipinski definition) is 2. The monoisotopic (exact) mass is 334 g/mol. The van der Waals surface area contributed by atoms with Crippen molar-refractivity contribution in [2.75, 3.05) is 26.2 Å². The van der Waals surface area contributed by atoms with Crippen molar-refractivity contribution in [3.63, 3.8) is 0 Å². The fourth-order valence-electron chi connectivity index (χ4n) is 3.19. The van der Waals surface area contributed by atoms with Gasteiger partial charge in [-0.15, -0.1) is 12.4 Å². The lowest BCUT2D eigenvalue weighted by molar-refractivity contribution is 0.123. The van der Waals surface area contributed by atoms with Gasteiger partial charge in [-0.3, -0.25) is 4.90 Å². The average Bonchev–Trinajstić information content (AvgIpc) is 2.44. The molecule has 5 heteroatoms. The summed E-state index contributed by atoms with van der Waals surface area (Å²) < 4.78 is 14.3. The van der Waals surface area contributed by atoms with Crippen molar-refractivity contribution in [1.29, 1.82) is 0 Å². The maximum absolute atomic E-state index is 14.3. The molecule has 1 aromatic carbocycles. The number of hydrogen-bond donors (Lipinski definition) is 1. The highest BCUT2D eigenvalue weighted by atomic mass is 35.5. The lowest BCUT2D eigenvalue weighted by Gasteiger charge is -2.39. The normalized spacial score (nSPS) is 18.9. The molecule has 2 nitrogen and oxygen atoms in total. The van der Waals surface area contributed by atoms with Gasteiger partial charge in [-0.2, -0.15) is 0 Å². The van der Waals surface area contributed by atoms with E-state index in [0.29, 0.717) is 16.5 Å². The standard InChI is InChI=1S/C16H24ClFN2.ClH/c1-3-5-12(2)16(20-10-8-19-9-11-20)15-13(17)6-4-7-14(15)18;/h4,6-7,12,16,19H,3,5,8-11H2,1-2H3;1H/t12?,16-;/m1./s1. The van der Waals surface area contributed by atoms with Crippen LogP contribution in [0.2, 0.25) is 5.02 Å². The Morgan fingerprint density at radius 2 is 2.00 bits per heavy atom. The number of nitrogens with zero attached hydrogens (tertiary/aromatic N) is 1. The van der Waals surface area contributed by atoms with E-state index in [-0.39, 0.29) is 24.3 Å². The molecule has 1 fully saturated rings. The van der Waals surface area contributed by atoms with E-state index in [2.05, 4.69) is 24.1 Å². The molecular formula is C16H25Cl2FN2. The van der Waals surface area contributed by atoms with Crippen LogP contribution in [0.5, 0.6) is 0 Å². The lowest BCUT2D eigenvalue weighted by Crippen LogP contribution is -2.47. The van der Waals surface area contributed by atoms with Crippen molar-refractivity contribution in [3.05, 3.63) is 34.6 Å². The molecule has 1 unspecified atom stereocenters. The molecular weight excluding hydrogens is 310 g/mol. The van der Waals surface area contributed by atoms with E-state index in [1.165, 1.54) is 6.07 Å². The highest BCUT2D eigenvalue weighted by Crippen LogP contribution is 2.37. The number of halogens is 3. The minimum absolute atomic E-state index is 0. The van der Waals surface area contributed by atoms with Crippen LogP contribution in [0.4, 0.5) is 4.39 Å². The molecule has 1 aliphatic rings. The van der Waals surface area contributed by atoms with Crippen molar-refractivity contribution in [1.82, 2.24) is 10.2 Å². The van der Waals surface area contributed by atoms with Gasteiger partial charge in [-0.25, -0.2) is 4.39 Å². The second-order valence-corrected chi connectivity index (χ2v) is 6.04. The molecule has 0 aromatic heterocycles. The highest BCUT2D eigenvalue weighted by Gasteiger charge is 2.30. The molecule has 0 saturated carbocycles. The zero-order chi connectivity index (χ0) is 14.5. The topological polar surface area (TPSA) is 15.3 Å². The first-order chi connectivity index (χ1) is 9.65. The van der Waals surface area contributed by atoms with Gasteiger partial charge >= 0.3 is 0 Å². The van der Waals surface area contributed by atoms with Crippen LogP contribution in [0.25, 0.3) is 0 Å². The van der Waals surface area contributed by atoms with E-state index in [4.69, 9.17) is 11.6 Å². The first kappa shape index (κ1) is 18.7. The summed E-state index contributed by atoms with van der Waals surface area (Å²) >= 11 is 6.31. The van der Waals surface area contributed by atoms with Crippen LogP contribution in [0.1, 0.15) is 38.3 Å². The second-order valence-electron chi connectivity index (χ2n) is 5.63. The molecule has 2 atom stereocenters. The summed E-state index contributed by atoms with van der Waals surface area (Å²) in [6, 6.07) is 5.08. The van der Waals surface area contributed by atoms with E-state index in [1.807, 2.05) is 0 Å². The van der Waals surface area contributed by atoms with Crippen LogP contribution in [-0.2, 0) is 0 Å². The summed E-state index contributed by atoms with van der Waals surface area (Å²) in [5.41, 5.74) is 0.678. The summed E-state index contributed by atoms with van der Waals surface area (Å²) in [6.07, 6.45) is 2.19. The maximum atomic E-state index is 14.3. The van der Waals surface area contributed by atoms with E-state index in [1.54, 1.807) is 12.1 Å². The van der Waals surface area contributed by atoms with Gasteiger partial charge in [0.2, 0.25) is 0 Å². The summed E-state index contributed by atoms with van der Waals surface area (Å²) in [4.78, 5) is 2.38. The molecule has 1 saturated heterocycles. The van der Waals surface area contributed by atoms with Crippen molar-refractivity contribution in [3.8, 4) is 0 Å². The Morgan fingerprint density at radius 1 is 1.33 bits per heavy atom. The van der Waals surface area contributed by atoms with Crippen LogP contribution in [0, 0.1) is 11.7 Å². The molecule has 0 spiro atoms. The highest BCUT2D eigenvalue weighted by molar-refractivity contribution is 6.31. The summed E-state index contributed by atoms with van der Waals surface area (Å²) in [5, 5.41) is 3.91. The van der Waals surface area contributed by atoms with Crippen LogP contribution in [0.3, 0.4) is 0 Å². The zero-order valence-electron chi connectivity index (χ0n) is 12.7. The fraction of sp³-hybridized carbons (Fsp3) is 0.625. The average molecular weight is 335 g/mol. The van der Waals surface area contributed by atoms with E-state index < -0.39 is 0 Å². The van der Waals surface area contributed by atoms with Gasteiger partial charge < -0.3 is 5.32 Å². The summed E-state index contributed by atoms with van der Waals surface area (Å²) in [6.45, 7) is 8.20. The third-order valence-electron chi connectivity index (χ3n) is 4.12. The second kappa shape index (κ2) is 8.94. The molecule has 1 aromatic rings. The largest absolute Gasteiger partial charge is 0.314 e. The number of piperazine rings is 1. The van der Waals surface area contributed by atoms with Gasteiger partial charge in [0.15, 0.2) is 0 Å². The lowest BCUT2D eigenvalue weighted by atomic mass is 9.89. The van der Waals surface area contributed by atoms with Gasteiger partial charge in [-0.05, 0) is 24.5 Å². The minimum atomic E-state index is -0.177. The summed E-state index contributed by atoms with van der Waals surface area (Å²) in [5.74, 6) is 0.219. The predicted octanol–water partition coefficient (Wildman–Crippen LogP) is 4.28. The first-order valence-corrected chi connectivity index (χ1v) is 7.91. The third-order valence-corrected chi connectivity index (χ3v) is 4.45. The molecule has 21 heavy (non-hydrogen) atoms. The van der Waals surface area contributed by atoms with Crippen LogP contribution in [0.15, 0.2) is 18.2 Å². The first-order valence-electron chi connectivity index (χ1n) is 7.53. The van der Waals surface area contributed by atoms with Crippen molar-refractivity contribution >= 4 is 24.0 Å². The number of nitrogens with one attached hydrogen (secondary N) is 1. The Labute approximate surface area is 138 Å². The van der Waals surface area contributed by atoms with Gasteiger partial charge in [0.25, 0.3) is 0 Å². The number of benzene rings is 1. The molecule has 120 valence electrons. The van der Waals surface area contributed by atoms with Crippen molar-refractivity contribution < 1.29 is 4.39 Å². The smallest absolute Gasteiger partial charge is 0.129 e. The third kappa shape index (κ3) is 4.56. The Bertz CT molecular complexity index is 416. The molecule has 0 bridgehead atoms. The van der Waals surface area contributed by atoms with Crippen molar-refractivity contribution in [2.24, 2.45) is 5.92 Å². The molecule has 0 radical (unpaired) electrons. The Kier molecular flexibility index (Phi) is 7.96. The zero-order valence-corrected chi connectivity index (χ0v) is 14.3. The number of rotatable bonds is 5. The molecule has 1 aliphatic heterocycles. The SMILES string of the molecule is CCCC(C)[C@H](c1c(F)cccc1Cl)N1CCNCC1.Cl. The van der Waals surface area contributed by atoms with E-state index in [9.17, 15) is 4.39 Å². The van der Waals surface area contributed by atoms with Crippen molar-refractivity contribution in [2.45, 2.75) is 32.7 Å². The van der Waals surface area contributed by atoms with Gasteiger partial charge in [0, 0.05) is 42.8 Å². The molecule has 0 amide bonds. The molecule has 1 heterocycles. The Morgan fingerprint density at radius 3 is 2.57 bits per heavy atom. The Hall–Kier alpha value is -0.350. The van der Waals surface area contributed by atoms with Crippen LogP contribution >= 0.6 is 24.0 Å². The fourth-order valence-corrected chi connectivity index (χ4v) is 3.47. The quantitative estimate of drug-likeness (QED) is 0.864. The van der Waals surface area contributed by atoms with Gasteiger partial charge in [0.05, 0.1) is 0 Å². The summed E-state index contributed by atoms with van der Waals surface area (Å²) in [7, 11) is 0. The molecule has 1 N–H and O–H groups in total. The van der Waals surface area contributed by atoms with Gasteiger partial charge in [0.1, 0.15) is 5.82 Å². The Balaban J connectivity index is 0.00000220. The van der Waals surface area contributed by atoms with Crippen LogP contribution in [-0.4, -0.2) is 31.1 Å². The van der Waals surface area contributed by atoms with E-state index >= 15 is 0 Å². The molecule has 0 aliphatic carbocycles. The van der Waals surface area contributed by atoms with E-state index in [0.717, 1.165) is 39.0 Å².